The third-order valence-electron chi connectivity index (χ3n) is 15.8. The summed E-state index contributed by atoms with van der Waals surface area (Å²) in [6.07, 6.45) is 70.3. The van der Waals surface area contributed by atoms with E-state index in [1.807, 2.05) is 21.1 Å². The molecule has 0 saturated heterocycles. The van der Waals surface area contributed by atoms with Crippen LogP contribution < -0.4 is 5.11 Å². The average molecular weight is 1100 g/mol. The lowest BCUT2D eigenvalue weighted by molar-refractivity contribution is -0.870. The number of carbonyl (C=O) groups excluding carboxylic acids is 3. The van der Waals surface area contributed by atoms with E-state index < -0.39 is 24.3 Å². The van der Waals surface area contributed by atoms with Gasteiger partial charge in [0, 0.05) is 12.8 Å². The van der Waals surface area contributed by atoms with Crippen LogP contribution in [0.5, 0.6) is 0 Å². The molecule has 0 amide bonds. The maximum Gasteiger partial charge on any atom is 0.306 e. The van der Waals surface area contributed by atoms with E-state index in [1.165, 1.54) is 289 Å². The first-order valence-corrected chi connectivity index (χ1v) is 34.3. The van der Waals surface area contributed by atoms with E-state index in [9.17, 15) is 19.5 Å². The van der Waals surface area contributed by atoms with Crippen LogP contribution in [-0.2, 0) is 33.3 Å². The van der Waals surface area contributed by atoms with Crippen molar-refractivity contribution in [2.24, 2.45) is 0 Å². The third-order valence-corrected chi connectivity index (χ3v) is 15.8. The Morgan fingerprint density at radius 1 is 0.372 bits per heavy atom. The Hall–Kier alpha value is -1.97. The summed E-state index contributed by atoms with van der Waals surface area (Å²) in [5.74, 6) is -2.25. The highest BCUT2D eigenvalue weighted by Crippen LogP contribution is 2.19. The third kappa shape index (κ3) is 61.6. The van der Waals surface area contributed by atoms with E-state index in [0.29, 0.717) is 17.4 Å². The zero-order chi connectivity index (χ0) is 56.9. The number of allylic oxidation sites excluding steroid dienone is 2. The summed E-state index contributed by atoms with van der Waals surface area (Å²) in [6, 6.07) is 0. The fourth-order valence-electron chi connectivity index (χ4n) is 10.5. The second-order valence-corrected chi connectivity index (χ2v) is 24.8. The SMILES string of the molecule is CCCCCCCCCC/C=C\CCCCCCCCCCCCCCCCCCCCCCCCCCCCCC(=O)OC(COC(=O)CCCCCCCCCCCCCCCC)COC(OCC[N+](C)(C)C)C(=O)[O-]. The molecule has 9 nitrogen and oxygen atoms in total. The van der Waals surface area contributed by atoms with Gasteiger partial charge in [0.15, 0.2) is 12.4 Å². The Kier molecular flexibility index (Phi) is 59.6. The highest BCUT2D eigenvalue weighted by molar-refractivity contribution is 5.70. The van der Waals surface area contributed by atoms with Gasteiger partial charge in [-0.15, -0.1) is 0 Å². The molecule has 0 spiro atoms. The van der Waals surface area contributed by atoms with Crippen LogP contribution in [0.25, 0.3) is 0 Å². The van der Waals surface area contributed by atoms with Crippen LogP contribution in [0.1, 0.15) is 354 Å². The highest BCUT2D eigenvalue weighted by Gasteiger charge is 2.22. The Morgan fingerprint density at radius 3 is 0.949 bits per heavy atom. The maximum atomic E-state index is 12.9. The lowest BCUT2D eigenvalue weighted by atomic mass is 10.0. The van der Waals surface area contributed by atoms with Crippen molar-refractivity contribution in [2.75, 3.05) is 47.5 Å². The van der Waals surface area contributed by atoms with Crippen LogP contribution in [0.3, 0.4) is 0 Å². The van der Waals surface area contributed by atoms with Crippen molar-refractivity contribution in [3.8, 4) is 0 Å². The van der Waals surface area contributed by atoms with Gasteiger partial charge in [0.1, 0.15) is 13.2 Å². The molecule has 78 heavy (non-hydrogen) atoms. The van der Waals surface area contributed by atoms with Gasteiger partial charge in [-0.2, -0.15) is 0 Å². The quantitative estimate of drug-likeness (QED) is 0.0195. The number of carbonyl (C=O) groups is 3. The van der Waals surface area contributed by atoms with Crippen molar-refractivity contribution < 1.29 is 42.9 Å². The summed E-state index contributed by atoms with van der Waals surface area (Å²) in [5.41, 5.74) is 0. The number of aliphatic carboxylic acids is 1. The van der Waals surface area contributed by atoms with E-state index in [2.05, 4.69) is 26.0 Å². The molecule has 0 fully saturated rings. The molecule has 0 bridgehead atoms. The molecule has 2 unspecified atom stereocenters. The standard InChI is InChI=1S/C69H133NO8/c1-6-8-10-12-14-16-18-20-22-23-24-25-26-27-28-29-30-31-32-33-34-35-36-37-38-39-40-41-42-43-44-45-46-48-50-52-54-56-58-60-67(72)78-65(64-77-69(68(73)74)75-62-61-70(3,4)5)63-76-66(71)59-57-55-53-51-49-47-21-19-17-15-13-11-9-7-2/h23-24,65,69H,6-22,25-64H2,1-5H3/b24-23-. The monoisotopic (exact) mass is 1100 g/mol. The number of nitrogens with zero attached hydrogens (tertiary/aromatic N) is 1. The molecule has 0 saturated carbocycles. The molecule has 2 atom stereocenters. The molecule has 0 aromatic rings. The summed E-state index contributed by atoms with van der Waals surface area (Å²) >= 11 is 0. The van der Waals surface area contributed by atoms with Crippen molar-refractivity contribution in [2.45, 2.75) is 367 Å². The summed E-state index contributed by atoms with van der Waals surface area (Å²) in [4.78, 5) is 37.3. The minimum Gasteiger partial charge on any atom is -0.545 e. The van der Waals surface area contributed by atoms with Crippen molar-refractivity contribution in [3.05, 3.63) is 12.2 Å². The number of unbranched alkanes of at least 4 members (excludes halogenated alkanes) is 48. The number of esters is 2. The van der Waals surface area contributed by atoms with Crippen LogP contribution in [0.15, 0.2) is 12.2 Å². The van der Waals surface area contributed by atoms with Gasteiger partial charge in [0.05, 0.1) is 40.3 Å². The maximum absolute atomic E-state index is 12.9. The molecule has 0 aromatic carbocycles. The highest BCUT2D eigenvalue weighted by atomic mass is 16.7. The number of hydrogen-bond donors (Lipinski definition) is 0. The molecule has 9 heteroatoms. The molecule has 0 rings (SSSR count). The summed E-state index contributed by atoms with van der Waals surface area (Å²) in [6.45, 7) is 4.81. The topological polar surface area (TPSA) is 111 Å². The molecule has 0 heterocycles. The number of rotatable bonds is 65. The summed E-state index contributed by atoms with van der Waals surface area (Å²) in [7, 11) is 5.94. The second-order valence-electron chi connectivity index (χ2n) is 24.8. The smallest absolute Gasteiger partial charge is 0.306 e. The predicted octanol–water partition coefficient (Wildman–Crippen LogP) is 19.5. The lowest BCUT2D eigenvalue weighted by Gasteiger charge is -2.26. The van der Waals surface area contributed by atoms with E-state index >= 15 is 0 Å². The first kappa shape index (κ1) is 76.0. The molecule has 462 valence electrons. The number of carboxylic acid groups (broad SMARTS) is 1. The van der Waals surface area contributed by atoms with Crippen LogP contribution >= 0.6 is 0 Å². The van der Waals surface area contributed by atoms with Crippen molar-refractivity contribution in [1.82, 2.24) is 0 Å². The zero-order valence-electron chi connectivity index (χ0n) is 52.8. The van der Waals surface area contributed by atoms with Crippen molar-refractivity contribution >= 4 is 17.9 Å². The number of hydrogen-bond acceptors (Lipinski definition) is 8. The van der Waals surface area contributed by atoms with Gasteiger partial charge >= 0.3 is 11.9 Å². The Bertz CT molecular complexity index is 1280. The summed E-state index contributed by atoms with van der Waals surface area (Å²) in [5, 5.41) is 11.8. The van der Waals surface area contributed by atoms with Crippen LogP contribution in [0.2, 0.25) is 0 Å². The van der Waals surface area contributed by atoms with Crippen LogP contribution in [0.4, 0.5) is 0 Å². The number of likely N-dealkylation sites (N-methyl/N-ethyl adjacent to an activating group) is 1. The Morgan fingerprint density at radius 2 is 0.654 bits per heavy atom. The van der Waals surface area contributed by atoms with Gasteiger partial charge in [-0.3, -0.25) is 9.59 Å². The molecular weight excluding hydrogens is 971 g/mol. The predicted molar refractivity (Wildman–Crippen MR) is 330 cm³/mol. The van der Waals surface area contributed by atoms with Gasteiger partial charge in [-0.05, 0) is 38.5 Å². The molecule has 0 aliphatic rings. The number of ether oxygens (including phenoxy) is 4. The van der Waals surface area contributed by atoms with Crippen LogP contribution in [0, 0.1) is 0 Å². The molecule has 0 aliphatic heterocycles. The Balaban J connectivity index is 3.89. The molecule has 0 aliphatic carbocycles. The second kappa shape index (κ2) is 61.1. The van der Waals surface area contributed by atoms with E-state index in [-0.39, 0.29) is 32.2 Å². The minimum atomic E-state index is -1.62. The van der Waals surface area contributed by atoms with E-state index in [1.54, 1.807) is 0 Å². The normalized spacial score (nSPS) is 12.7. The van der Waals surface area contributed by atoms with Gasteiger partial charge in [-0.25, -0.2) is 0 Å². The Labute approximate surface area is 485 Å². The zero-order valence-corrected chi connectivity index (χ0v) is 52.8. The van der Waals surface area contributed by atoms with Crippen molar-refractivity contribution in [1.29, 1.82) is 0 Å². The molecule has 0 radical (unpaired) electrons. The van der Waals surface area contributed by atoms with Gasteiger partial charge in [0.2, 0.25) is 0 Å². The largest absolute Gasteiger partial charge is 0.545 e. The van der Waals surface area contributed by atoms with E-state index in [0.717, 1.165) is 38.5 Å². The fraction of sp³-hybridized carbons (Fsp3) is 0.928. The van der Waals surface area contributed by atoms with Gasteiger partial charge < -0.3 is 33.3 Å². The summed E-state index contributed by atoms with van der Waals surface area (Å²) < 4.78 is 22.7. The first-order valence-electron chi connectivity index (χ1n) is 34.3. The number of carboxylic acids is 1. The molecular formula is C69H133NO8. The van der Waals surface area contributed by atoms with Crippen LogP contribution in [-0.4, -0.2) is 82.3 Å². The first-order chi connectivity index (χ1) is 38.1. The minimum absolute atomic E-state index is 0.153. The van der Waals surface area contributed by atoms with Gasteiger partial charge in [-0.1, -0.05) is 315 Å². The fourth-order valence-corrected chi connectivity index (χ4v) is 10.5. The number of quaternary nitrogens is 1. The molecule has 0 N–H and O–H groups in total. The van der Waals surface area contributed by atoms with Gasteiger partial charge in [0.25, 0.3) is 0 Å². The molecule has 0 aromatic heterocycles. The van der Waals surface area contributed by atoms with Crippen molar-refractivity contribution in [3.63, 3.8) is 0 Å². The average Bonchev–Trinajstić information content (AvgIpc) is 3.41. The lowest BCUT2D eigenvalue weighted by Crippen LogP contribution is -2.44. The van der Waals surface area contributed by atoms with E-state index in [4.69, 9.17) is 18.9 Å².